The predicted molar refractivity (Wildman–Crippen MR) is 126 cm³/mol. The molecule has 2 fully saturated rings. The molecule has 1 atom stereocenters. The molecule has 1 saturated carbocycles. The molecule has 6 heteroatoms. The van der Waals surface area contributed by atoms with Crippen molar-refractivity contribution in [2.24, 2.45) is 0 Å². The highest BCUT2D eigenvalue weighted by Crippen LogP contribution is 2.32. The zero-order valence-electron chi connectivity index (χ0n) is 19.3. The molecule has 2 aromatic carbocycles. The number of hydrogen-bond acceptors (Lipinski definition) is 5. The summed E-state index contributed by atoms with van der Waals surface area (Å²) in [5, 5.41) is 3.26. The van der Waals surface area contributed by atoms with E-state index in [1.54, 1.807) is 13.2 Å². The van der Waals surface area contributed by atoms with Gasteiger partial charge in [-0.15, -0.1) is 0 Å². The van der Waals surface area contributed by atoms with Gasteiger partial charge in [0.1, 0.15) is 0 Å². The Hall–Kier alpha value is -2.57. The average molecular weight is 438 g/mol. The van der Waals surface area contributed by atoms with Gasteiger partial charge in [0.15, 0.2) is 11.5 Å². The zero-order chi connectivity index (χ0) is 22.3. The molecule has 6 nitrogen and oxygen atoms in total. The molecule has 0 spiro atoms. The molecule has 1 aliphatic heterocycles. The molecule has 1 saturated heterocycles. The number of hydrogen-bond donors (Lipinski definition) is 1. The molecule has 1 aliphatic carbocycles. The van der Waals surface area contributed by atoms with Gasteiger partial charge in [-0.1, -0.05) is 30.3 Å². The fourth-order valence-corrected chi connectivity index (χ4v) is 4.54. The second kappa shape index (κ2) is 10.8. The number of rotatable bonds is 8. The maximum Gasteiger partial charge on any atom is 0.251 e. The standard InChI is InChI=1S/C26H35N3O3/c1-28-14-16-29(17-15-28)19-23(20-8-4-3-5-9-20)27-26(30)21-12-13-24(25(18-21)31-2)32-22-10-6-7-11-22/h3-5,8-9,12-13,18,22-23H,6-7,10-11,14-17,19H2,1-2H3,(H,27,30). The van der Waals surface area contributed by atoms with E-state index in [0.717, 1.165) is 51.1 Å². The van der Waals surface area contributed by atoms with Gasteiger partial charge in [-0.2, -0.15) is 0 Å². The van der Waals surface area contributed by atoms with Gasteiger partial charge in [-0.3, -0.25) is 9.69 Å². The Kier molecular flexibility index (Phi) is 7.66. The molecule has 32 heavy (non-hydrogen) atoms. The predicted octanol–water partition coefficient (Wildman–Crippen LogP) is 3.74. The smallest absolute Gasteiger partial charge is 0.251 e. The molecule has 0 aromatic heterocycles. The highest BCUT2D eigenvalue weighted by molar-refractivity contribution is 5.95. The third-order valence-electron chi connectivity index (χ3n) is 6.57. The van der Waals surface area contributed by atoms with Crippen LogP contribution in [-0.4, -0.2) is 68.7 Å². The normalized spacial score (nSPS) is 18.9. The molecule has 2 aliphatic rings. The summed E-state index contributed by atoms with van der Waals surface area (Å²) < 4.78 is 11.7. The Balaban J connectivity index is 1.47. The fourth-order valence-electron chi connectivity index (χ4n) is 4.54. The molecule has 172 valence electrons. The summed E-state index contributed by atoms with van der Waals surface area (Å²) in [6.07, 6.45) is 4.82. The lowest BCUT2D eigenvalue weighted by Crippen LogP contribution is -2.47. The van der Waals surface area contributed by atoms with Gasteiger partial charge >= 0.3 is 0 Å². The van der Waals surface area contributed by atoms with Crippen LogP contribution in [0.15, 0.2) is 48.5 Å². The van der Waals surface area contributed by atoms with E-state index in [9.17, 15) is 4.79 Å². The van der Waals surface area contributed by atoms with Crippen LogP contribution in [0.3, 0.4) is 0 Å². The average Bonchev–Trinajstić information content (AvgIpc) is 3.34. The summed E-state index contributed by atoms with van der Waals surface area (Å²) in [7, 11) is 3.78. The van der Waals surface area contributed by atoms with Crippen molar-refractivity contribution in [1.82, 2.24) is 15.1 Å². The van der Waals surface area contributed by atoms with Crippen LogP contribution < -0.4 is 14.8 Å². The van der Waals surface area contributed by atoms with Crippen LogP contribution in [0.5, 0.6) is 11.5 Å². The summed E-state index contributed by atoms with van der Waals surface area (Å²) >= 11 is 0. The molecule has 0 radical (unpaired) electrons. The van der Waals surface area contributed by atoms with Gasteiger partial charge in [-0.05, 0) is 56.5 Å². The molecule has 1 heterocycles. The van der Waals surface area contributed by atoms with E-state index in [-0.39, 0.29) is 18.1 Å². The summed E-state index contributed by atoms with van der Waals surface area (Å²) in [5.74, 6) is 1.23. The topological polar surface area (TPSA) is 54.0 Å². The molecule has 1 unspecified atom stereocenters. The molecular weight excluding hydrogens is 402 g/mol. The first-order valence-electron chi connectivity index (χ1n) is 11.7. The van der Waals surface area contributed by atoms with Crippen LogP contribution in [0.1, 0.15) is 47.6 Å². The number of nitrogens with one attached hydrogen (secondary N) is 1. The van der Waals surface area contributed by atoms with Crippen molar-refractivity contribution in [2.45, 2.75) is 37.8 Å². The van der Waals surface area contributed by atoms with E-state index >= 15 is 0 Å². The molecule has 2 aromatic rings. The Labute approximate surface area is 191 Å². The molecule has 0 bridgehead atoms. The number of amides is 1. The van der Waals surface area contributed by atoms with E-state index in [4.69, 9.17) is 9.47 Å². The largest absolute Gasteiger partial charge is 0.493 e. The number of methoxy groups -OCH3 is 1. The number of carbonyl (C=O) groups excluding carboxylic acids is 1. The Morgan fingerprint density at radius 2 is 1.75 bits per heavy atom. The maximum absolute atomic E-state index is 13.2. The van der Waals surface area contributed by atoms with Gasteiger partial charge in [0, 0.05) is 38.3 Å². The van der Waals surface area contributed by atoms with Crippen molar-refractivity contribution in [3.63, 3.8) is 0 Å². The Morgan fingerprint density at radius 1 is 1.03 bits per heavy atom. The Bertz CT molecular complexity index is 875. The molecule has 1 N–H and O–H groups in total. The number of benzene rings is 2. The lowest BCUT2D eigenvalue weighted by molar-refractivity contribution is 0.0906. The van der Waals surface area contributed by atoms with Gasteiger partial charge in [0.25, 0.3) is 5.91 Å². The van der Waals surface area contributed by atoms with E-state index in [1.165, 1.54) is 12.8 Å². The van der Waals surface area contributed by atoms with Gasteiger partial charge in [0.2, 0.25) is 0 Å². The monoisotopic (exact) mass is 437 g/mol. The number of likely N-dealkylation sites (N-methyl/N-ethyl adjacent to an activating group) is 1. The minimum absolute atomic E-state index is 0.0764. The lowest BCUT2D eigenvalue weighted by atomic mass is 10.0. The highest BCUT2D eigenvalue weighted by atomic mass is 16.5. The third-order valence-corrected chi connectivity index (χ3v) is 6.57. The summed E-state index contributed by atoms with van der Waals surface area (Å²) in [6, 6.07) is 15.6. The summed E-state index contributed by atoms with van der Waals surface area (Å²) in [6.45, 7) is 4.92. The summed E-state index contributed by atoms with van der Waals surface area (Å²) in [5.41, 5.74) is 1.70. The fraction of sp³-hybridized carbons (Fsp3) is 0.500. The van der Waals surface area contributed by atoms with E-state index in [1.807, 2.05) is 30.3 Å². The quantitative estimate of drug-likeness (QED) is 0.682. The molecule has 1 amide bonds. The van der Waals surface area contributed by atoms with Crippen LogP contribution >= 0.6 is 0 Å². The second-order valence-corrected chi connectivity index (χ2v) is 8.93. The van der Waals surface area contributed by atoms with Crippen LogP contribution in [0, 0.1) is 0 Å². The van der Waals surface area contributed by atoms with E-state index < -0.39 is 0 Å². The molecular formula is C26H35N3O3. The second-order valence-electron chi connectivity index (χ2n) is 8.93. The van der Waals surface area contributed by atoms with Crippen molar-refractivity contribution in [1.29, 1.82) is 0 Å². The van der Waals surface area contributed by atoms with Crippen molar-refractivity contribution >= 4 is 5.91 Å². The summed E-state index contributed by atoms with van der Waals surface area (Å²) in [4.78, 5) is 18.0. The first-order valence-corrected chi connectivity index (χ1v) is 11.7. The van der Waals surface area contributed by atoms with Gasteiger partial charge < -0.3 is 19.7 Å². The lowest BCUT2D eigenvalue weighted by Gasteiger charge is -2.35. The van der Waals surface area contributed by atoms with E-state index in [2.05, 4.69) is 34.3 Å². The van der Waals surface area contributed by atoms with Crippen molar-refractivity contribution in [2.75, 3.05) is 46.9 Å². The third kappa shape index (κ3) is 5.81. The Morgan fingerprint density at radius 3 is 2.44 bits per heavy atom. The zero-order valence-corrected chi connectivity index (χ0v) is 19.3. The van der Waals surface area contributed by atoms with Crippen molar-refractivity contribution in [3.8, 4) is 11.5 Å². The number of carbonyl (C=O) groups is 1. The minimum Gasteiger partial charge on any atom is -0.493 e. The number of piperazine rings is 1. The first-order chi connectivity index (χ1) is 15.6. The maximum atomic E-state index is 13.2. The van der Waals surface area contributed by atoms with Crippen LogP contribution in [0.4, 0.5) is 0 Å². The minimum atomic E-state index is -0.0984. The first kappa shape index (κ1) is 22.6. The SMILES string of the molecule is COc1cc(C(=O)NC(CN2CCN(C)CC2)c2ccccc2)ccc1OC1CCCC1. The van der Waals surface area contributed by atoms with Crippen molar-refractivity contribution < 1.29 is 14.3 Å². The van der Waals surface area contributed by atoms with Crippen LogP contribution in [0.2, 0.25) is 0 Å². The van der Waals surface area contributed by atoms with Gasteiger partial charge in [0.05, 0.1) is 19.3 Å². The van der Waals surface area contributed by atoms with E-state index in [0.29, 0.717) is 17.1 Å². The van der Waals surface area contributed by atoms with Crippen LogP contribution in [0.25, 0.3) is 0 Å². The number of nitrogens with zero attached hydrogens (tertiary/aromatic N) is 2. The van der Waals surface area contributed by atoms with Gasteiger partial charge in [-0.25, -0.2) is 0 Å². The van der Waals surface area contributed by atoms with Crippen molar-refractivity contribution in [3.05, 3.63) is 59.7 Å². The number of ether oxygens (including phenoxy) is 2. The highest BCUT2D eigenvalue weighted by Gasteiger charge is 2.23. The van der Waals surface area contributed by atoms with Crippen LogP contribution in [-0.2, 0) is 0 Å². The molecule has 4 rings (SSSR count).